The molecule has 1 N–H and O–H groups in total. The second kappa shape index (κ2) is 4.55. The van der Waals surface area contributed by atoms with Gasteiger partial charge in [-0.1, -0.05) is 0 Å². The molecule has 0 saturated heterocycles. The van der Waals surface area contributed by atoms with Gasteiger partial charge in [-0.05, 0) is 42.7 Å². The lowest BCUT2D eigenvalue weighted by atomic mass is 10.1. The summed E-state index contributed by atoms with van der Waals surface area (Å²) in [5.41, 5.74) is 1.58. The largest absolute Gasteiger partial charge is 0.497 e. The van der Waals surface area contributed by atoms with E-state index in [1.165, 1.54) is 11.5 Å². The van der Waals surface area contributed by atoms with Crippen LogP contribution in [0.5, 0.6) is 5.75 Å². The number of aromatic nitrogens is 1. The molecule has 0 unspecified atom stereocenters. The fourth-order valence-corrected chi connectivity index (χ4v) is 2.27. The van der Waals surface area contributed by atoms with Crippen LogP contribution >= 0.6 is 11.5 Å². The van der Waals surface area contributed by atoms with Crippen molar-refractivity contribution in [2.24, 2.45) is 0 Å². The van der Waals surface area contributed by atoms with Gasteiger partial charge in [0.15, 0.2) is 0 Å². The molecule has 0 aliphatic heterocycles. The summed E-state index contributed by atoms with van der Waals surface area (Å²) < 4.78 is 9.24. The predicted octanol–water partition coefficient (Wildman–Crippen LogP) is 2.83. The summed E-state index contributed by atoms with van der Waals surface area (Å²) in [5.74, 6) is -0.209. The van der Waals surface area contributed by atoms with Gasteiger partial charge in [-0.15, -0.1) is 0 Å². The van der Waals surface area contributed by atoms with Crippen molar-refractivity contribution in [1.82, 2.24) is 4.37 Å². The number of benzene rings is 1. The number of carbonyl (C=O) groups is 1. The van der Waals surface area contributed by atoms with E-state index in [2.05, 4.69) is 4.37 Å². The van der Waals surface area contributed by atoms with Gasteiger partial charge >= 0.3 is 5.97 Å². The molecule has 0 atom stereocenters. The summed E-state index contributed by atoms with van der Waals surface area (Å²) in [5, 5.41) is 9.14. The van der Waals surface area contributed by atoms with Gasteiger partial charge in [0, 0.05) is 10.4 Å². The summed E-state index contributed by atoms with van der Waals surface area (Å²) >= 11 is 1.20. The third kappa shape index (κ3) is 2.14. The normalized spacial score (nSPS) is 10.2. The lowest BCUT2D eigenvalue weighted by Gasteiger charge is -2.02. The molecule has 0 aliphatic carbocycles. The third-order valence-electron chi connectivity index (χ3n) is 2.44. The van der Waals surface area contributed by atoms with Gasteiger partial charge in [0.1, 0.15) is 11.3 Å². The molecule has 4 nitrogen and oxygen atoms in total. The quantitative estimate of drug-likeness (QED) is 0.908. The molecule has 88 valence electrons. The second-order valence-electron chi connectivity index (χ2n) is 3.50. The van der Waals surface area contributed by atoms with Gasteiger partial charge in [-0.3, -0.25) is 0 Å². The second-order valence-corrected chi connectivity index (χ2v) is 4.47. The van der Waals surface area contributed by atoms with Crippen LogP contribution in [0.3, 0.4) is 0 Å². The molecule has 0 bridgehead atoms. The molecule has 17 heavy (non-hydrogen) atoms. The van der Waals surface area contributed by atoms with Crippen molar-refractivity contribution in [3.8, 4) is 17.0 Å². The maximum Gasteiger partial charge on any atom is 0.339 e. The van der Waals surface area contributed by atoms with E-state index in [1.807, 2.05) is 0 Å². The van der Waals surface area contributed by atoms with E-state index >= 15 is 0 Å². The van der Waals surface area contributed by atoms with Crippen LogP contribution in [0.1, 0.15) is 15.2 Å². The van der Waals surface area contributed by atoms with Crippen LogP contribution in [-0.2, 0) is 0 Å². The Balaban J connectivity index is 2.49. The number of carboxylic acid groups (broad SMARTS) is 1. The number of aryl methyl sites for hydroxylation is 1. The molecule has 1 aromatic heterocycles. The van der Waals surface area contributed by atoms with Gasteiger partial charge in [-0.2, -0.15) is 4.37 Å². The molecule has 0 aliphatic rings. The van der Waals surface area contributed by atoms with E-state index in [9.17, 15) is 4.79 Å². The molecule has 0 fully saturated rings. The maximum atomic E-state index is 11.1. The first-order valence-electron chi connectivity index (χ1n) is 4.97. The molecular weight excluding hydrogens is 238 g/mol. The fourth-order valence-electron chi connectivity index (χ4n) is 1.57. The van der Waals surface area contributed by atoms with Gasteiger partial charge in [0.05, 0.1) is 12.8 Å². The lowest BCUT2D eigenvalue weighted by Crippen LogP contribution is -1.99. The van der Waals surface area contributed by atoms with Crippen molar-refractivity contribution in [2.45, 2.75) is 6.92 Å². The average molecular weight is 249 g/mol. The summed E-state index contributed by atoms with van der Waals surface area (Å²) in [7, 11) is 1.59. The molecule has 0 saturated carbocycles. The van der Waals surface area contributed by atoms with Crippen LogP contribution in [0, 0.1) is 6.92 Å². The molecule has 2 rings (SSSR count). The first-order chi connectivity index (χ1) is 8.13. The Bertz CT molecular complexity index is 545. The van der Waals surface area contributed by atoms with Crippen molar-refractivity contribution in [2.75, 3.05) is 7.11 Å². The monoisotopic (exact) mass is 249 g/mol. The van der Waals surface area contributed by atoms with E-state index < -0.39 is 5.97 Å². The highest BCUT2D eigenvalue weighted by molar-refractivity contribution is 7.06. The van der Waals surface area contributed by atoms with Gasteiger partial charge in [0.2, 0.25) is 0 Å². The Morgan fingerprint density at radius 3 is 2.53 bits per heavy atom. The number of aromatic carboxylic acids is 1. The van der Waals surface area contributed by atoms with Gasteiger partial charge < -0.3 is 9.84 Å². The highest BCUT2D eigenvalue weighted by Gasteiger charge is 2.18. The number of hydrogen-bond donors (Lipinski definition) is 1. The van der Waals surface area contributed by atoms with Crippen molar-refractivity contribution in [1.29, 1.82) is 0 Å². The third-order valence-corrected chi connectivity index (χ3v) is 3.19. The zero-order valence-corrected chi connectivity index (χ0v) is 10.2. The minimum atomic E-state index is -0.943. The highest BCUT2D eigenvalue weighted by Crippen LogP contribution is 2.29. The van der Waals surface area contributed by atoms with E-state index in [0.717, 1.165) is 11.3 Å². The Labute approximate surface area is 103 Å². The molecular formula is C12H11NO3S. The van der Waals surface area contributed by atoms with Crippen LogP contribution in [0.2, 0.25) is 0 Å². The van der Waals surface area contributed by atoms with Crippen LogP contribution < -0.4 is 4.74 Å². The van der Waals surface area contributed by atoms with Gasteiger partial charge in [-0.25, -0.2) is 4.79 Å². The summed E-state index contributed by atoms with van der Waals surface area (Å²) in [6.07, 6.45) is 0. The van der Waals surface area contributed by atoms with E-state index in [0.29, 0.717) is 10.6 Å². The molecule has 1 aromatic carbocycles. The first-order valence-corrected chi connectivity index (χ1v) is 5.75. The van der Waals surface area contributed by atoms with Crippen LogP contribution in [0.25, 0.3) is 11.3 Å². The number of hydrogen-bond acceptors (Lipinski definition) is 4. The Morgan fingerprint density at radius 2 is 2.00 bits per heavy atom. The van der Waals surface area contributed by atoms with Crippen molar-refractivity contribution < 1.29 is 14.6 Å². The SMILES string of the molecule is COc1ccc(-c2nsc(C)c2C(=O)O)cc1. The zero-order valence-electron chi connectivity index (χ0n) is 9.43. The number of ether oxygens (including phenoxy) is 1. The molecule has 2 aromatic rings. The summed E-state index contributed by atoms with van der Waals surface area (Å²) in [4.78, 5) is 11.9. The molecule has 0 radical (unpaired) electrons. The van der Waals surface area contributed by atoms with Gasteiger partial charge in [0.25, 0.3) is 0 Å². The Morgan fingerprint density at radius 1 is 1.35 bits per heavy atom. The summed E-state index contributed by atoms with van der Waals surface area (Å²) in [6, 6.07) is 7.19. The molecule has 1 heterocycles. The Kier molecular flexibility index (Phi) is 3.10. The standard InChI is InChI=1S/C12H11NO3S/c1-7-10(12(14)15)11(13-17-7)8-3-5-9(16-2)6-4-8/h3-6H,1-2H3,(H,14,15). The predicted molar refractivity (Wildman–Crippen MR) is 65.8 cm³/mol. The lowest BCUT2D eigenvalue weighted by molar-refractivity contribution is 0.0697. The number of carboxylic acids is 1. The van der Waals surface area contributed by atoms with Crippen molar-refractivity contribution in [3.05, 3.63) is 34.7 Å². The zero-order chi connectivity index (χ0) is 12.4. The van der Waals surface area contributed by atoms with Crippen LogP contribution in [-0.4, -0.2) is 22.6 Å². The average Bonchev–Trinajstić information content (AvgIpc) is 2.71. The topological polar surface area (TPSA) is 59.4 Å². The summed E-state index contributed by atoms with van der Waals surface area (Å²) in [6.45, 7) is 1.76. The first kappa shape index (κ1) is 11.6. The van der Waals surface area contributed by atoms with E-state index in [-0.39, 0.29) is 5.56 Å². The molecule has 0 amide bonds. The van der Waals surface area contributed by atoms with Crippen molar-refractivity contribution >= 4 is 17.5 Å². The maximum absolute atomic E-state index is 11.1. The smallest absolute Gasteiger partial charge is 0.339 e. The Hall–Kier alpha value is -1.88. The highest BCUT2D eigenvalue weighted by atomic mass is 32.1. The molecule has 0 spiro atoms. The van der Waals surface area contributed by atoms with Crippen LogP contribution in [0.4, 0.5) is 0 Å². The molecule has 5 heteroatoms. The minimum absolute atomic E-state index is 0.278. The number of rotatable bonds is 3. The number of methoxy groups -OCH3 is 1. The van der Waals surface area contributed by atoms with Crippen LogP contribution in [0.15, 0.2) is 24.3 Å². The van der Waals surface area contributed by atoms with Crippen molar-refractivity contribution in [3.63, 3.8) is 0 Å². The van der Waals surface area contributed by atoms with E-state index in [4.69, 9.17) is 9.84 Å². The van der Waals surface area contributed by atoms with E-state index in [1.54, 1.807) is 38.3 Å². The fraction of sp³-hybridized carbons (Fsp3) is 0.167. The minimum Gasteiger partial charge on any atom is -0.497 e. The number of nitrogens with zero attached hydrogens (tertiary/aromatic N) is 1.